The number of aldehydes is 1. The van der Waals surface area contributed by atoms with Gasteiger partial charge < -0.3 is 9.53 Å². The Balaban J connectivity index is 2.88. The Morgan fingerprint density at radius 2 is 2.07 bits per heavy atom. The summed E-state index contributed by atoms with van der Waals surface area (Å²) in [5.74, 6) is -0.341. The lowest BCUT2D eigenvalue weighted by atomic mass is 10.1. The zero-order valence-electron chi connectivity index (χ0n) is 7.29. The number of alkyl halides is 4. The average Bonchev–Trinajstić information content (AvgIpc) is 2.14. The Morgan fingerprint density at radius 3 is 2.60 bits per heavy atom. The van der Waals surface area contributed by atoms with Crippen LogP contribution < -0.4 is 4.74 Å². The molecule has 0 spiro atoms. The number of benzene rings is 1. The molecule has 1 aromatic carbocycles. The molecule has 0 heterocycles. The highest BCUT2D eigenvalue weighted by atomic mass is 79.9. The Bertz CT molecular complexity index is 351. The topological polar surface area (TPSA) is 26.3 Å². The molecular formula is C9H6BrF3O2. The molecule has 0 unspecified atom stereocenters. The Kier molecular flexibility index (Phi) is 3.73. The minimum atomic E-state index is -4.72. The van der Waals surface area contributed by atoms with E-state index in [0.29, 0.717) is 11.8 Å². The van der Waals surface area contributed by atoms with Crippen LogP contribution in [0.1, 0.15) is 10.4 Å². The molecule has 1 atom stereocenters. The number of ether oxygens (including phenoxy) is 1. The summed E-state index contributed by atoms with van der Waals surface area (Å²) in [5.41, 5.74) is 0.409. The summed E-state index contributed by atoms with van der Waals surface area (Å²) < 4.78 is 39.3. The fraction of sp³-hybridized carbons (Fsp3) is 0.222. The van der Waals surface area contributed by atoms with Gasteiger partial charge >= 0.3 is 6.36 Å². The first-order valence-corrected chi connectivity index (χ1v) is 4.79. The molecule has 6 heteroatoms. The first-order chi connectivity index (χ1) is 6.92. The summed E-state index contributed by atoms with van der Waals surface area (Å²) in [6.45, 7) is 0. The normalized spacial score (nSPS) is 13.3. The second-order valence-corrected chi connectivity index (χ2v) is 3.64. The molecule has 0 aliphatic rings. The Labute approximate surface area is 92.2 Å². The maximum Gasteiger partial charge on any atom is 0.573 e. The second kappa shape index (κ2) is 4.65. The van der Waals surface area contributed by atoms with Crippen molar-refractivity contribution in [2.45, 2.75) is 11.2 Å². The molecule has 2 nitrogen and oxygen atoms in total. The van der Waals surface area contributed by atoms with E-state index in [9.17, 15) is 18.0 Å². The number of halogens is 4. The molecule has 0 aromatic heterocycles. The van der Waals surface area contributed by atoms with Gasteiger partial charge in [-0.25, -0.2) is 0 Å². The molecule has 82 valence electrons. The van der Waals surface area contributed by atoms with Gasteiger partial charge in [-0.15, -0.1) is 13.2 Å². The molecular weight excluding hydrogens is 277 g/mol. The number of carbonyl (C=O) groups is 1. The lowest BCUT2D eigenvalue weighted by Crippen LogP contribution is -2.17. The highest BCUT2D eigenvalue weighted by molar-refractivity contribution is 9.09. The standard InChI is InChI=1S/C9H6BrF3O2/c10-8(5-14)6-2-1-3-7(4-6)15-9(11,12)13/h1-5,8H/t8-/m1/s1. The monoisotopic (exact) mass is 282 g/mol. The van der Waals surface area contributed by atoms with Gasteiger partial charge in [0.15, 0.2) is 0 Å². The van der Waals surface area contributed by atoms with E-state index in [1.54, 1.807) is 0 Å². The van der Waals surface area contributed by atoms with E-state index in [1.165, 1.54) is 18.2 Å². The van der Waals surface area contributed by atoms with E-state index < -0.39 is 11.2 Å². The van der Waals surface area contributed by atoms with Crippen LogP contribution in [0.15, 0.2) is 24.3 Å². The summed E-state index contributed by atoms with van der Waals surface area (Å²) in [6, 6.07) is 5.23. The first kappa shape index (κ1) is 12.0. The van der Waals surface area contributed by atoms with Crippen LogP contribution in [-0.4, -0.2) is 12.6 Å². The van der Waals surface area contributed by atoms with Crippen molar-refractivity contribution in [2.75, 3.05) is 0 Å². The molecule has 0 bridgehead atoms. The molecule has 1 rings (SSSR count). The maximum atomic E-state index is 11.9. The van der Waals surface area contributed by atoms with Crippen LogP contribution in [0, 0.1) is 0 Å². The minimum absolute atomic E-state index is 0.341. The van der Waals surface area contributed by atoms with Crippen molar-refractivity contribution in [3.05, 3.63) is 29.8 Å². The molecule has 15 heavy (non-hydrogen) atoms. The number of hydrogen-bond acceptors (Lipinski definition) is 2. The van der Waals surface area contributed by atoms with Gasteiger partial charge in [-0.05, 0) is 17.7 Å². The van der Waals surface area contributed by atoms with E-state index in [-0.39, 0.29) is 5.75 Å². The quantitative estimate of drug-likeness (QED) is 0.629. The average molecular weight is 283 g/mol. The van der Waals surface area contributed by atoms with Gasteiger partial charge in [-0.1, -0.05) is 28.1 Å². The third-order valence-electron chi connectivity index (χ3n) is 1.53. The van der Waals surface area contributed by atoms with Crippen molar-refractivity contribution in [1.29, 1.82) is 0 Å². The van der Waals surface area contributed by atoms with Gasteiger partial charge in [0.05, 0.1) is 4.83 Å². The van der Waals surface area contributed by atoms with Gasteiger partial charge in [0, 0.05) is 0 Å². The fourth-order valence-electron chi connectivity index (χ4n) is 0.962. The predicted molar refractivity (Wildman–Crippen MR) is 50.9 cm³/mol. The van der Waals surface area contributed by atoms with Crippen LogP contribution in [0.3, 0.4) is 0 Å². The molecule has 0 saturated heterocycles. The third kappa shape index (κ3) is 3.91. The molecule has 0 N–H and O–H groups in total. The SMILES string of the molecule is O=C[C@@H](Br)c1cccc(OC(F)(F)F)c1. The smallest absolute Gasteiger partial charge is 0.406 e. The molecule has 0 radical (unpaired) electrons. The third-order valence-corrected chi connectivity index (χ3v) is 2.27. The number of hydrogen-bond donors (Lipinski definition) is 0. The van der Waals surface area contributed by atoms with E-state index in [2.05, 4.69) is 20.7 Å². The van der Waals surface area contributed by atoms with E-state index in [1.807, 2.05) is 0 Å². The zero-order valence-corrected chi connectivity index (χ0v) is 8.88. The van der Waals surface area contributed by atoms with Crippen molar-refractivity contribution in [3.63, 3.8) is 0 Å². The summed E-state index contributed by atoms with van der Waals surface area (Å²) in [6.07, 6.45) is -4.14. The van der Waals surface area contributed by atoms with Crippen molar-refractivity contribution in [1.82, 2.24) is 0 Å². The molecule has 0 amide bonds. The van der Waals surface area contributed by atoms with Crippen LogP contribution >= 0.6 is 15.9 Å². The van der Waals surface area contributed by atoms with E-state index in [4.69, 9.17) is 0 Å². The maximum absolute atomic E-state index is 11.9. The van der Waals surface area contributed by atoms with Crippen molar-refractivity contribution < 1.29 is 22.7 Å². The van der Waals surface area contributed by atoms with Gasteiger partial charge in [-0.2, -0.15) is 0 Å². The van der Waals surface area contributed by atoms with Crippen LogP contribution in [-0.2, 0) is 4.79 Å². The lowest BCUT2D eigenvalue weighted by Gasteiger charge is -2.10. The fourth-order valence-corrected chi connectivity index (χ4v) is 1.25. The van der Waals surface area contributed by atoms with Gasteiger partial charge in [0.25, 0.3) is 0 Å². The Morgan fingerprint density at radius 1 is 1.40 bits per heavy atom. The summed E-state index contributed by atoms with van der Waals surface area (Å²) in [7, 11) is 0. The second-order valence-electron chi connectivity index (χ2n) is 2.66. The minimum Gasteiger partial charge on any atom is -0.406 e. The lowest BCUT2D eigenvalue weighted by molar-refractivity contribution is -0.274. The van der Waals surface area contributed by atoms with E-state index >= 15 is 0 Å². The highest BCUT2D eigenvalue weighted by Crippen LogP contribution is 2.27. The number of rotatable bonds is 3. The van der Waals surface area contributed by atoms with Crippen molar-refractivity contribution in [3.8, 4) is 5.75 Å². The van der Waals surface area contributed by atoms with Crippen molar-refractivity contribution in [2.24, 2.45) is 0 Å². The number of carbonyl (C=O) groups excluding carboxylic acids is 1. The summed E-state index contributed by atoms with van der Waals surface area (Å²) in [4.78, 5) is 9.76. The van der Waals surface area contributed by atoms with Crippen LogP contribution in [0.5, 0.6) is 5.75 Å². The highest BCUT2D eigenvalue weighted by Gasteiger charge is 2.31. The molecule has 1 aromatic rings. The largest absolute Gasteiger partial charge is 0.573 e. The molecule has 0 saturated carbocycles. The summed E-state index contributed by atoms with van der Waals surface area (Å²) in [5, 5.41) is 0. The molecule has 0 aliphatic carbocycles. The van der Waals surface area contributed by atoms with Gasteiger partial charge in [0.1, 0.15) is 12.0 Å². The molecule has 0 fully saturated rings. The Hall–Kier alpha value is -1.04. The first-order valence-electron chi connectivity index (χ1n) is 3.87. The van der Waals surface area contributed by atoms with Crippen molar-refractivity contribution >= 4 is 22.2 Å². The summed E-state index contributed by atoms with van der Waals surface area (Å²) >= 11 is 2.99. The van der Waals surface area contributed by atoms with Gasteiger partial charge in [0.2, 0.25) is 0 Å². The zero-order chi connectivity index (χ0) is 11.5. The van der Waals surface area contributed by atoms with Crippen LogP contribution in [0.2, 0.25) is 0 Å². The predicted octanol–water partition coefficient (Wildman–Crippen LogP) is 3.22. The van der Waals surface area contributed by atoms with Crippen LogP contribution in [0.4, 0.5) is 13.2 Å². The van der Waals surface area contributed by atoms with Gasteiger partial charge in [-0.3, -0.25) is 0 Å². The van der Waals surface area contributed by atoms with Crippen LogP contribution in [0.25, 0.3) is 0 Å². The molecule has 0 aliphatic heterocycles. The van der Waals surface area contributed by atoms with E-state index in [0.717, 1.165) is 6.07 Å².